The molecule has 0 unspecified atom stereocenters. The Kier molecular flexibility index (Phi) is 8.99. The molecule has 2 heterocycles. The minimum absolute atomic E-state index is 0.0110. The highest BCUT2D eigenvalue weighted by Gasteiger charge is 2.15. The number of methoxy groups -OCH3 is 1. The van der Waals surface area contributed by atoms with Gasteiger partial charge < -0.3 is 23.2 Å². The molecule has 1 amide bonds. The van der Waals surface area contributed by atoms with Crippen LogP contribution in [0.25, 0.3) is 5.69 Å². The number of hydrogen-bond acceptors (Lipinski definition) is 6. The van der Waals surface area contributed by atoms with Gasteiger partial charge in [-0.3, -0.25) is 4.79 Å². The molecule has 8 nitrogen and oxygen atoms in total. The van der Waals surface area contributed by atoms with Crippen molar-refractivity contribution in [2.45, 2.75) is 46.8 Å². The van der Waals surface area contributed by atoms with Crippen LogP contribution in [-0.2, 0) is 6.61 Å². The number of benzene rings is 2. The molecular formula is C30H32ClN3O5. The van der Waals surface area contributed by atoms with Crippen LogP contribution in [0.5, 0.6) is 17.2 Å². The molecule has 4 rings (SSSR count). The summed E-state index contributed by atoms with van der Waals surface area (Å²) in [5, 5.41) is 4.40. The zero-order valence-corrected chi connectivity index (χ0v) is 23.4. The van der Waals surface area contributed by atoms with Crippen LogP contribution in [0.4, 0.5) is 0 Å². The van der Waals surface area contributed by atoms with Gasteiger partial charge in [0.25, 0.3) is 0 Å². The van der Waals surface area contributed by atoms with E-state index in [2.05, 4.69) is 41.1 Å². The normalized spacial score (nSPS) is 11.9. The largest absolute Gasteiger partial charge is 0.493 e. The van der Waals surface area contributed by atoms with E-state index in [0.29, 0.717) is 33.6 Å². The first-order valence-corrected chi connectivity index (χ1v) is 13.0. The molecule has 0 radical (unpaired) electrons. The van der Waals surface area contributed by atoms with Crippen LogP contribution in [0.2, 0.25) is 5.02 Å². The number of aryl methyl sites for hydroxylation is 2. The third-order valence-electron chi connectivity index (χ3n) is 6.16. The Morgan fingerprint density at radius 3 is 2.49 bits per heavy atom. The topological polar surface area (TPSA) is 87.2 Å². The first-order chi connectivity index (χ1) is 18.8. The number of hydrazone groups is 1. The van der Waals surface area contributed by atoms with Crippen LogP contribution in [0, 0.1) is 13.8 Å². The standard InChI is InChI=1S/C30H32ClN3O5/c1-6-21(4)38-29-26(31)15-22(16-28(29)36-5)17-32-33-30(35)27-14-13-25(39-27)18-37-24-11-9-23(10-12-24)34-19(2)7-8-20(34)3/h7-17,21H,6,18H2,1-5H3,(H,33,35)/b32-17+/t21-/m1/s1. The Balaban J connectivity index is 1.32. The first-order valence-electron chi connectivity index (χ1n) is 12.6. The maximum Gasteiger partial charge on any atom is 0.307 e. The molecule has 0 bridgehead atoms. The Morgan fingerprint density at radius 1 is 1.10 bits per heavy atom. The second-order valence-corrected chi connectivity index (χ2v) is 9.48. The number of carbonyl (C=O) groups excluding carboxylic acids is 1. The summed E-state index contributed by atoms with van der Waals surface area (Å²) in [6, 6.07) is 18.7. The van der Waals surface area contributed by atoms with Crippen molar-refractivity contribution in [1.82, 2.24) is 9.99 Å². The molecule has 39 heavy (non-hydrogen) atoms. The van der Waals surface area contributed by atoms with E-state index in [9.17, 15) is 4.79 Å². The van der Waals surface area contributed by atoms with Gasteiger partial charge in [0.2, 0.25) is 0 Å². The van der Waals surface area contributed by atoms with Gasteiger partial charge in [-0.15, -0.1) is 0 Å². The van der Waals surface area contributed by atoms with Gasteiger partial charge >= 0.3 is 5.91 Å². The quantitative estimate of drug-likeness (QED) is 0.163. The minimum Gasteiger partial charge on any atom is -0.493 e. The van der Waals surface area contributed by atoms with E-state index in [4.69, 9.17) is 30.2 Å². The van der Waals surface area contributed by atoms with Gasteiger partial charge in [0.1, 0.15) is 18.1 Å². The average molecular weight is 550 g/mol. The molecule has 1 atom stereocenters. The summed E-state index contributed by atoms with van der Waals surface area (Å²) in [5.41, 5.74) is 6.49. The molecule has 0 aliphatic rings. The highest BCUT2D eigenvalue weighted by atomic mass is 35.5. The average Bonchev–Trinajstić information content (AvgIpc) is 3.55. The van der Waals surface area contributed by atoms with Crippen molar-refractivity contribution in [3.05, 3.63) is 94.2 Å². The Labute approximate surface area is 233 Å². The number of rotatable bonds is 11. The molecule has 9 heteroatoms. The Bertz CT molecular complexity index is 1440. The van der Waals surface area contributed by atoms with Crippen LogP contribution < -0.4 is 19.6 Å². The number of amides is 1. The van der Waals surface area contributed by atoms with Gasteiger partial charge in [-0.05, 0) is 93.4 Å². The zero-order valence-electron chi connectivity index (χ0n) is 22.7. The van der Waals surface area contributed by atoms with Gasteiger partial charge in [0.15, 0.2) is 17.3 Å². The predicted octanol–water partition coefficient (Wildman–Crippen LogP) is 6.87. The van der Waals surface area contributed by atoms with E-state index in [1.807, 2.05) is 38.1 Å². The molecule has 4 aromatic rings. The molecule has 0 saturated heterocycles. The van der Waals surface area contributed by atoms with Crippen LogP contribution >= 0.6 is 11.6 Å². The molecule has 2 aromatic heterocycles. The molecular weight excluding hydrogens is 518 g/mol. The van der Waals surface area contributed by atoms with Crippen LogP contribution in [-0.4, -0.2) is 29.9 Å². The summed E-state index contributed by atoms with van der Waals surface area (Å²) in [5.74, 6) is 1.79. The maximum atomic E-state index is 12.5. The summed E-state index contributed by atoms with van der Waals surface area (Å²) in [7, 11) is 1.54. The van der Waals surface area contributed by atoms with Gasteiger partial charge in [0.05, 0.1) is 24.5 Å². The lowest BCUT2D eigenvalue weighted by Crippen LogP contribution is -2.16. The maximum absolute atomic E-state index is 12.5. The van der Waals surface area contributed by atoms with E-state index in [0.717, 1.165) is 12.1 Å². The third kappa shape index (κ3) is 6.83. The number of hydrogen-bond donors (Lipinski definition) is 1. The number of nitrogens with one attached hydrogen (secondary N) is 1. The highest BCUT2D eigenvalue weighted by Crippen LogP contribution is 2.37. The van der Waals surface area contributed by atoms with Gasteiger partial charge in [0, 0.05) is 17.1 Å². The molecule has 1 N–H and O–H groups in total. The summed E-state index contributed by atoms with van der Waals surface area (Å²) >= 11 is 6.39. The van der Waals surface area contributed by atoms with Crippen molar-refractivity contribution in [2.75, 3.05) is 7.11 Å². The summed E-state index contributed by atoms with van der Waals surface area (Å²) in [4.78, 5) is 12.5. The smallest absolute Gasteiger partial charge is 0.307 e. The SMILES string of the molecule is CC[C@@H](C)Oc1c(Cl)cc(/C=N/NC(=O)c2ccc(COc3ccc(-n4c(C)ccc4C)cc3)o2)cc1OC. The molecule has 2 aromatic carbocycles. The molecule has 0 aliphatic heterocycles. The molecule has 0 fully saturated rings. The molecule has 0 saturated carbocycles. The lowest BCUT2D eigenvalue weighted by molar-refractivity contribution is 0.0923. The summed E-state index contributed by atoms with van der Waals surface area (Å²) in [6.07, 6.45) is 2.28. The monoisotopic (exact) mass is 549 g/mol. The number of nitrogens with zero attached hydrogens (tertiary/aromatic N) is 2. The van der Waals surface area contributed by atoms with Crippen molar-refractivity contribution >= 4 is 23.7 Å². The van der Waals surface area contributed by atoms with E-state index in [1.165, 1.54) is 24.7 Å². The predicted molar refractivity (Wildman–Crippen MR) is 152 cm³/mol. The first kappa shape index (κ1) is 27.9. The van der Waals surface area contributed by atoms with E-state index in [-0.39, 0.29) is 18.5 Å². The second-order valence-electron chi connectivity index (χ2n) is 9.07. The molecule has 0 aliphatic carbocycles. The molecule has 0 spiro atoms. The van der Waals surface area contributed by atoms with Crippen LogP contribution in [0.1, 0.15) is 53.5 Å². The Hall–Kier alpha value is -4.17. The third-order valence-corrected chi connectivity index (χ3v) is 6.44. The van der Waals surface area contributed by atoms with Gasteiger partial charge in [-0.2, -0.15) is 5.10 Å². The van der Waals surface area contributed by atoms with Gasteiger partial charge in [-0.1, -0.05) is 18.5 Å². The van der Waals surface area contributed by atoms with Crippen molar-refractivity contribution in [1.29, 1.82) is 0 Å². The fourth-order valence-corrected chi connectivity index (χ4v) is 4.20. The number of carbonyl (C=O) groups is 1. The minimum atomic E-state index is -0.492. The van der Waals surface area contributed by atoms with Crippen molar-refractivity contribution in [2.24, 2.45) is 5.10 Å². The van der Waals surface area contributed by atoms with E-state index < -0.39 is 5.91 Å². The van der Waals surface area contributed by atoms with E-state index in [1.54, 1.807) is 24.3 Å². The van der Waals surface area contributed by atoms with Crippen LogP contribution in [0.15, 0.2) is 70.2 Å². The Morgan fingerprint density at radius 2 is 1.82 bits per heavy atom. The zero-order chi connectivity index (χ0) is 27.9. The van der Waals surface area contributed by atoms with E-state index >= 15 is 0 Å². The molecule has 204 valence electrons. The lowest BCUT2D eigenvalue weighted by Gasteiger charge is -2.17. The van der Waals surface area contributed by atoms with Crippen molar-refractivity contribution in [3.63, 3.8) is 0 Å². The number of aromatic nitrogens is 1. The van der Waals surface area contributed by atoms with Crippen molar-refractivity contribution in [3.8, 4) is 22.9 Å². The highest BCUT2D eigenvalue weighted by molar-refractivity contribution is 6.32. The van der Waals surface area contributed by atoms with Gasteiger partial charge in [-0.25, -0.2) is 5.43 Å². The second kappa shape index (κ2) is 12.6. The number of halogens is 1. The summed E-state index contributed by atoms with van der Waals surface area (Å²) in [6.45, 7) is 8.30. The lowest BCUT2D eigenvalue weighted by atomic mass is 10.2. The summed E-state index contributed by atoms with van der Waals surface area (Å²) < 4.78 is 24.9. The fourth-order valence-electron chi connectivity index (χ4n) is 3.93. The number of furan rings is 1. The van der Waals surface area contributed by atoms with Crippen molar-refractivity contribution < 1.29 is 23.4 Å². The van der Waals surface area contributed by atoms with Crippen LogP contribution in [0.3, 0.4) is 0 Å². The number of ether oxygens (including phenoxy) is 3. The fraction of sp³-hybridized carbons (Fsp3) is 0.267.